The number of hydrogen-bond donors (Lipinski definition) is 0. The number of benzene rings is 2. The SMILES string of the molecule is CCOC(=O)C(=Cc1ccc(OCc2ccccc2)cc1)C(=O)c1cccnc1. The van der Waals surface area contributed by atoms with E-state index in [9.17, 15) is 9.59 Å². The standard InChI is InChI=1S/C24H21NO4/c1-2-28-24(27)22(23(26)20-9-6-14-25-16-20)15-18-10-12-21(13-11-18)29-17-19-7-4-3-5-8-19/h3-16H,2,17H2,1H3. The van der Waals surface area contributed by atoms with Crippen molar-refractivity contribution in [1.29, 1.82) is 0 Å². The number of carbonyl (C=O) groups excluding carboxylic acids is 2. The molecule has 0 bridgehead atoms. The highest BCUT2D eigenvalue weighted by molar-refractivity contribution is 6.26. The minimum absolute atomic E-state index is 0.0437. The zero-order chi connectivity index (χ0) is 20.5. The monoisotopic (exact) mass is 387 g/mol. The van der Waals surface area contributed by atoms with Crippen molar-refractivity contribution < 1.29 is 19.1 Å². The van der Waals surface area contributed by atoms with E-state index in [1.807, 2.05) is 30.3 Å². The maximum absolute atomic E-state index is 12.8. The first-order valence-corrected chi connectivity index (χ1v) is 9.27. The Labute approximate surface area is 169 Å². The van der Waals surface area contributed by atoms with Crippen molar-refractivity contribution in [2.24, 2.45) is 0 Å². The van der Waals surface area contributed by atoms with Crippen LogP contribution in [-0.4, -0.2) is 23.3 Å². The Hall–Kier alpha value is -3.73. The number of carbonyl (C=O) groups is 2. The van der Waals surface area contributed by atoms with Gasteiger partial charge in [-0.15, -0.1) is 0 Å². The van der Waals surface area contributed by atoms with Gasteiger partial charge < -0.3 is 9.47 Å². The van der Waals surface area contributed by atoms with E-state index >= 15 is 0 Å². The highest BCUT2D eigenvalue weighted by Crippen LogP contribution is 2.18. The summed E-state index contributed by atoms with van der Waals surface area (Å²) >= 11 is 0. The molecule has 3 aromatic rings. The molecule has 0 aliphatic heterocycles. The molecule has 0 aliphatic carbocycles. The molecule has 5 nitrogen and oxygen atoms in total. The predicted molar refractivity (Wildman–Crippen MR) is 110 cm³/mol. The molecule has 5 heteroatoms. The maximum Gasteiger partial charge on any atom is 0.342 e. The van der Waals surface area contributed by atoms with Gasteiger partial charge in [-0.25, -0.2) is 4.79 Å². The number of aromatic nitrogens is 1. The van der Waals surface area contributed by atoms with Crippen LogP contribution in [0.3, 0.4) is 0 Å². The van der Waals surface area contributed by atoms with Gasteiger partial charge in [-0.1, -0.05) is 42.5 Å². The molecule has 146 valence electrons. The summed E-state index contributed by atoms with van der Waals surface area (Å²) in [5.41, 5.74) is 2.05. The summed E-state index contributed by atoms with van der Waals surface area (Å²) in [4.78, 5) is 29.0. The molecular formula is C24H21NO4. The molecule has 0 spiro atoms. The number of rotatable bonds is 8. The molecule has 0 atom stereocenters. The number of ketones is 1. The Morgan fingerprint density at radius 1 is 0.966 bits per heavy atom. The molecule has 0 saturated carbocycles. The summed E-state index contributed by atoms with van der Waals surface area (Å²) < 4.78 is 10.8. The van der Waals surface area contributed by atoms with E-state index in [1.165, 1.54) is 12.3 Å². The van der Waals surface area contributed by atoms with E-state index in [2.05, 4.69) is 4.98 Å². The van der Waals surface area contributed by atoms with Crippen LogP contribution in [0.4, 0.5) is 0 Å². The van der Waals surface area contributed by atoms with Gasteiger partial charge in [0, 0.05) is 18.0 Å². The van der Waals surface area contributed by atoms with Gasteiger partial charge in [-0.3, -0.25) is 9.78 Å². The molecule has 1 heterocycles. The van der Waals surface area contributed by atoms with E-state index < -0.39 is 11.8 Å². The van der Waals surface area contributed by atoms with E-state index in [0.29, 0.717) is 23.5 Å². The van der Waals surface area contributed by atoms with Crippen molar-refractivity contribution in [1.82, 2.24) is 4.98 Å². The molecule has 1 aromatic heterocycles. The summed E-state index contributed by atoms with van der Waals surface area (Å²) in [6.07, 6.45) is 4.52. The Morgan fingerprint density at radius 2 is 1.72 bits per heavy atom. The first kappa shape index (κ1) is 20.0. The summed E-state index contributed by atoms with van der Waals surface area (Å²) in [7, 11) is 0. The van der Waals surface area contributed by atoms with Crippen molar-refractivity contribution in [3.05, 3.63) is 101 Å². The fraction of sp³-hybridized carbons (Fsp3) is 0.125. The van der Waals surface area contributed by atoms with Crippen molar-refractivity contribution in [3.63, 3.8) is 0 Å². The number of esters is 1. The summed E-state index contributed by atoms with van der Waals surface area (Å²) in [6, 6.07) is 20.3. The van der Waals surface area contributed by atoms with Gasteiger partial charge >= 0.3 is 5.97 Å². The van der Waals surface area contributed by atoms with E-state index in [4.69, 9.17) is 9.47 Å². The van der Waals surface area contributed by atoms with Crippen LogP contribution >= 0.6 is 0 Å². The van der Waals surface area contributed by atoms with Crippen molar-refractivity contribution in [3.8, 4) is 5.75 Å². The normalized spacial score (nSPS) is 11.0. The lowest BCUT2D eigenvalue weighted by molar-refractivity contribution is -0.137. The summed E-state index contributed by atoms with van der Waals surface area (Å²) in [5.74, 6) is -0.394. The quantitative estimate of drug-likeness (QED) is 0.187. The third-order valence-corrected chi connectivity index (χ3v) is 4.10. The smallest absolute Gasteiger partial charge is 0.342 e. The average molecular weight is 387 g/mol. The topological polar surface area (TPSA) is 65.5 Å². The molecule has 0 amide bonds. The number of Topliss-reactive ketones (excluding diaryl/α,β-unsaturated/α-hetero) is 1. The Balaban J connectivity index is 1.78. The first-order chi connectivity index (χ1) is 14.2. The molecule has 0 radical (unpaired) electrons. The molecule has 3 rings (SSSR count). The lowest BCUT2D eigenvalue weighted by Crippen LogP contribution is -2.16. The summed E-state index contributed by atoms with van der Waals surface area (Å²) in [5, 5.41) is 0. The van der Waals surface area contributed by atoms with E-state index in [-0.39, 0.29) is 12.2 Å². The highest BCUT2D eigenvalue weighted by atomic mass is 16.5. The van der Waals surface area contributed by atoms with Gasteiger partial charge in [0.05, 0.1) is 6.61 Å². The second kappa shape index (κ2) is 9.99. The predicted octanol–water partition coefficient (Wildman–Crippen LogP) is 4.49. The minimum Gasteiger partial charge on any atom is -0.489 e. The molecule has 0 saturated heterocycles. The largest absolute Gasteiger partial charge is 0.489 e. The van der Waals surface area contributed by atoms with Gasteiger partial charge in [0.1, 0.15) is 17.9 Å². The fourth-order valence-corrected chi connectivity index (χ4v) is 2.65. The van der Waals surface area contributed by atoms with Gasteiger partial charge in [0.2, 0.25) is 5.78 Å². The lowest BCUT2D eigenvalue weighted by atomic mass is 10.0. The van der Waals surface area contributed by atoms with Crippen LogP contribution in [-0.2, 0) is 16.1 Å². The number of nitrogens with zero attached hydrogens (tertiary/aromatic N) is 1. The van der Waals surface area contributed by atoms with Crippen molar-refractivity contribution in [2.45, 2.75) is 13.5 Å². The average Bonchev–Trinajstić information content (AvgIpc) is 2.78. The highest BCUT2D eigenvalue weighted by Gasteiger charge is 2.21. The molecule has 0 fully saturated rings. The van der Waals surface area contributed by atoms with Crippen LogP contribution in [0.5, 0.6) is 5.75 Å². The number of ether oxygens (including phenoxy) is 2. The van der Waals surface area contributed by atoms with Crippen molar-refractivity contribution in [2.75, 3.05) is 6.61 Å². The van der Waals surface area contributed by atoms with Crippen LogP contribution < -0.4 is 4.74 Å². The fourth-order valence-electron chi connectivity index (χ4n) is 2.65. The third kappa shape index (κ3) is 5.62. The number of hydrogen-bond acceptors (Lipinski definition) is 5. The molecular weight excluding hydrogens is 366 g/mol. The second-order valence-corrected chi connectivity index (χ2v) is 6.19. The van der Waals surface area contributed by atoms with Gasteiger partial charge in [0.15, 0.2) is 0 Å². The number of pyridine rings is 1. The Kier molecular flexibility index (Phi) is 6.90. The van der Waals surface area contributed by atoms with Crippen LogP contribution in [0.25, 0.3) is 6.08 Å². The molecule has 0 N–H and O–H groups in total. The minimum atomic E-state index is -0.661. The Morgan fingerprint density at radius 3 is 2.38 bits per heavy atom. The molecule has 2 aromatic carbocycles. The molecule has 0 aliphatic rings. The van der Waals surface area contributed by atoms with Crippen LogP contribution in [0.1, 0.15) is 28.4 Å². The lowest BCUT2D eigenvalue weighted by Gasteiger charge is -2.08. The molecule has 0 unspecified atom stereocenters. The van der Waals surface area contributed by atoms with Crippen LogP contribution in [0, 0.1) is 0 Å². The Bertz CT molecular complexity index is 980. The maximum atomic E-state index is 12.8. The van der Waals surface area contributed by atoms with Gasteiger partial charge in [-0.2, -0.15) is 0 Å². The van der Waals surface area contributed by atoms with Gasteiger partial charge in [0.25, 0.3) is 0 Å². The van der Waals surface area contributed by atoms with E-state index in [0.717, 1.165) is 5.56 Å². The van der Waals surface area contributed by atoms with Gasteiger partial charge in [-0.05, 0) is 48.4 Å². The zero-order valence-corrected chi connectivity index (χ0v) is 16.1. The third-order valence-electron chi connectivity index (χ3n) is 4.10. The van der Waals surface area contributed by atoms with Crippen LogP contribution in [0.15, 0.2) is 84.7 Å². The molecule has 29 heavy (non-hydrogen) atoms. The van der Waals surface area contributed by atoms with Crippen molar-refractivity contribution >= 4 is 17.8 Å². The van der Waals surface area contributed by atoms with E-state index in [1.54, 1.807) is 49.5 Å². The summed E-state index contributed by atoms with van der Waals surface area (Å²) in [6.45, 7) is 2.34. The van der Waals surface area contributed by atoms with Crippen LogP contribution in [0.2, 0.25) is 0 Å². The first-order valence-electron chi connectivity index (χ1n) is 9.27. The second-order valence-electron chi connectivity index (χ2n) is 6.19. The zero-order valence-electron chi connectivity index (χ0n) is 16.1.